The Morgan fingerprint density at radius 1 is 1.17 bits per heavy atom. The second kappa shape index (κ2) is 8.31. The van der Waals surface area contributed by atoms with Gasteiger partial charge in [0.1, 0.15) is 0 Å². The number of carbonyl (C=O) groups excluding carboxylic acids is 3. The average Bonchev–Trinajstić information content (AvgIpc) is 2.53. The lowest BCUT2D eigenvalue weighted by atomic mass is 9.87. The van der Waals surface area contributed by atoms with Gasteiger partial charge in [-0.15, -0.1) is 0 Å². The van der Waals surface area contributed by atoms with Gasteiger partial charge in [-0.1, -0.05) is 19.8 Å². The molecule has 0 aromatic heterocycles. The van der Waals surface area contributed by atoms with Gasteiger partial charge in [-0.3, -0.25) is 14.4 Å². The summed E-state index contributed by atoms with van der Waals surface area (Å²) in [6, 6.07) is 0. The molecule has 2 atom stereocenters. The highest BCUT2D eigenvalue weighted by molar-refractivity contribution is 5.85. The van der Waals surface area contributed by atoms with Crippen LogP contribution in [-0.4, -0.2) is 60.9 Å². The normalized spacial score (nSPS) is 26.4. The molecule has 6 nitrogen and oxygen atoms in total. The summed E-state index contributed by atoms with van der Waals surface area (Å²) in [5.41, 5.74) is 0. The quantitative estimate of drug-likeness (QED) is 0.737. The van der Waals surface area contributed by atoms with Gasteiger partial charge in [0.15, 0.2) is 0 Å². The van der Waals surface area contributed by atoms with E-state index in [2.05, 4.69) is 0 Å². The number of hydrogen-bond donors (Lipinski definition) is 0. The van der Waals surface area contributed by atoms with Gasteiger partial charge in [0.2, 0.25) is 11.8 Å². The van der Waals surface area contributed by atoms with E-state index in [-0.39, 0.29) is 36.2 Å². The average molecular weight is 324 g/mol. The summed E-state index contributed by atoms with van der Waals surface area (Å²) in [6.45, 7) is 3.95. The molecule has 0 aliphatic carbocycles. The van der Waals surface area contributed by atoms with Crippen LogP contribution in [0.15, 0.2) is 0 Å². The maximum atomic E-state index is 12.5. The van der Waals surface area contributed by atoms with Crippen molar-refractivity contribution >= 4 is 17.8 Å². The van der Waals surface area contributed by atoms with Crippen LogP contribution < -0.4 is 0 Å². The number of piperidine rings is 1. The number of likely N-dealkylation sites (tertiary alicyclic amines) is 2. The first-order chi connectivity index (χ1) is 11.0. The topological polar surface area (TPSA) is 66.9 Å². The Hall–Kier alpha value is -1.59. The maximum absolute atomic E-state index is 12.5. The Morgan fingerprint density at radius 2 is 1.91 bits per heavy atom. The zero-order valence-electron chi connectivity index (χ0n) is 14.3. The lowest BCUT2D eigenvalue weighted by Gasteiger charge is -2.36. The van der Waals surface area contributed by atoms with E-state index in [9.17, 15) is 14.4 Å². The van der Waals surface area contributed by atoms with E-state index >= 15 is 0 Å². The number of amides is 2. The van der Waals surface area contributed by atoms with Gasteiger partial charge >= 0.3 is 5.97 Å². The second-order valence-electron chi connectivity index (χ2n) is 6.71. The third-order valence-electron chi connectivity index (χ3n) is 5.01. The highest BCUT2D eigenvalue weighted by Gasteiger charge is 2.34. The Balaban J connectivity index is 1.88. The lowest BCUT2D eigenvalue weighted by molar-refractivity contribution is -0.152. The molecule has 2 rings (SSSR count). The minimum Gasteiger partial charge on any atom is -0.469 e. The summed E-state index contributed by atoms with van der Waals surface area (Å²) < 4.78 is 4.82. The molecule has 0 bridgehead atoms. The summed E-state index contributed by atoms with van der Waals surface area (Å²) in [5, 5.41) is 0. The summed E-state index contributed by atoms with van der Waals surface area (Å²) >= 11 is 0. The standard InChI is InChI=1S/C17H28N2O4/c1-13-11-19(10-8-14(13)17(22)23-2)16(21)12-18-9-6-4-3-5-7-15(18)20/h13-14H,3-12H2,1-2H3/t13-,14+/m1/s1. The van der Waals surface area contributed by atoms with Crippen molar-refractivity contribution in [3.8, 4) is 0 Å². The Kier molecular flexibility index (Phi) is 6.42. The molecule has 0 N–H and O–H groups in total. The summed E-state index contributed by atoms with van der Waals surface area (Å²) in [7, 11) is 1.40. The van der Waals surface area contributed by atoms with Crippen LogP contribution in [0.2, 0.25) is 0 Å². The van der Waals surface area contributed by atoms with Crippen molar-refractivity contribution in [3.63, 3.8) is 0 Å². The first-order valence-electron chi connectivity index (χ1n) is 8.66. The number of methoxy groups -OCH3 is 1. The molecule has 2 saturated heterocycles. The van der Waals surface area contributed by atoms with Crippen LogP contribution in [0.25, 0.3) is 0 Å². The molecular weight excluding hydrogens is 296 g/mol. The monoisotopic (exact) mass is 324 g/mol. The molecule has 2 fully saturated rings. The predicted molar refractivity (Wildman–Crippen MR) is 85.5 cm³/mol. The minimum absolute atomic E-state index is 0.00547. The van der Waals surface area contributed by atoms with Crippen LogP contribution in [0.5, 0.6) is 0 Å². The first-order valence-corrected chi connectivity index (χ1v) is 8.66. The fraction of sp³-hybridized carbons (Fsp3) is 0.824. The molecule has 0 unspecified atom stereocenters. The first kappa shape index (κ1) is 17.8. The fourth-order valence-corrected chi connectivity index (χ4v) is 3.52. The summed E-state index contributed by atoms with van der Waals surface area (Å²) in [5.74, 6) is -0.149. The van der Waals surface area contributed by atoms with Crippen LogP contribution >= 0.6 is 0 Å². The largest absolute Gasteiger partial charge is 0.469 e. The Morgan fingerprint density at radius 3 is 2.61 bits per heavy atom. The highest BCUT2D eigenvalue weighted by Crippen LogP contribution is 2.24. The van der Waals surface area contributed by atoms with Crippen molar-refractivity contribution < 1.29 is 19.1 Å². The predicted octanol–water partition coefficient (Wildman–Crippen LogP) is 1.44. The molecule has 2 heterocycles. The van der Waals surface area contributed by atoms with Crippen molar-refractivity contribution in [2.75, 3.05) is 33.3 Å². The van der Waals surface area contributed by atoms with Crippen LogP contribution in [0.4, 0.5) is 0 Å². The lowest BCUT2D eigenvalue weighted by Crippen LogP contribution is -2.49. The molecule has 2 amide bonds. The highest BCUT2D eigenvalue weighted by atomic mass is 16.5. The van der Waals surface area contributed by atoms with E-state index in [0.717, 1.165) is 25.7 Å². The zero-order valence-corrected chi connectivity index (χ0v) is 14.3. The SMILES string of the molecule is COC(=O)[C@H]1CCN(C(=O)CN2CCCCCCC2=O)C[C@H]1C. The van der Waals surface area contributed by atoms with Crippen molar-refractivity contribution in [1.29, 1.82) is 0 Å². The van der Waals surface area contributed by atoms with Crippen molar-refractivity contribution in [2.24, 2.45) is 11.8 Å². The van der Waals surface area contributed by atoms with E-state index in [1.807, 2.05) is 6.92 Å². The van der Waals surface area contributed by atoms with Gasteiger partial charge in [0, 0.05) is 26.1 Å². The van der Waals surface area contributed by atoms with E-state index in [0.29, 0.717) is 32.5 Å². The molecule has 0 saturated carbocycles. The van der Waals surface area contributed by atoms with Gasteiger partial charge in [-0.25, -0.2) is 0 Å². The van der Waals surface area contributed by atoms with Crippen molar-refractivity contribution in [2.45, 2.75) is 45.4 Å². The van der Waals surface area contributed by atoms with Gasteiger partial charge in [-0.2, -0.15) is 0 Å². The van der Waals surface area contributed by atoms with Gasteiger partial charge in [0.05, 0.1) is 19.6 Å². The molecule has 23 heavy (non-hydrogen) atoms. The Bertz CT molecular complexity index is 452. The number of rotatable bonds is 3. The number of esters is 1. The van der Waals surface area contributed by atoms with E-state index in [1.54, 1.807) is 9.80 Å². The van der Waals surface area contributed by atoms with Crippen LogP contribution in [0.3, 0.4) is 0 Å². The third kappa shape index (κ3) is 4.69. The zero-order chi connectivity index (χ0) is 16.8. The molecule has 2 aliphatic heterocycles. The van der Waals surface area contributed by atoms with Gasteiger partial charge in [0.25, 0.3) is 0 Å². The number of hydrogen-bond acceptors (Lipinski definition) is 4. The fourth-order valence-electron chi connectivity index (χ4n) is 3.52. The van der Waals surface area contributed by atoms with Crippen LogP contribution in [0, 0.1) is 11.8 Å². The molecule has 6 heteroatoms. The van der Waals surface area contributed by atoms with Crippen LogP contribution in [-0.2, 0) is 19.1 Å². The Labute approximate surface area is 138 Å². The van der Waals surface area contributed by atoms with Gasteiger partial charge < -0.3 is 14.5 Å². The molecule has 0 spiro atoms. The molecule has 2 aliphatic rings. The summed E-state index contributed by atoms with van der Waals surface area (Å²) in [6.07, 6.45) is 5.30. The van der Waals surface area contributed by atoms with E-state index in [1.165, 1.54) is 7.11 Å². The third-order valence-corrected chi connectivity index (χ3v) is 5.01. The van der Waals surface area contributed by atoms with Crippen LogP contribution in [0.1, 0.15) is 45.4 Å². The molecule has 0 aromatic carbocycles. The number of nitrogens with zero attached hydrogens (tertiary/aromatic N) is 2. The molecule has 130 valence electrons. The minimum atomic E-state index is -0.191. The molecule has 0 radical (unpaired) electrons. The van der Waals surface area contributed by atoms with Gasteiger partial charge in [-0.05, 0) is 25.2 Å². The van der Waals surface area contributed by atoms with Crippen molar-refractivity contribution in [3.05, 3.63) is 0 Å². The summed E-state index contributed by atoms with van der Waals surface area (Å²) in [4.78, 5) is 39.8. The second-order valence-corrected chi connectivity index (χ2v) is 6.71. The molecular formula is C17H28N2O4. The number of ether oxygens (including phenoxy) is 1. The maximum Gasteiger partial charge on any atom is 0.309 e. The smallest absolute Gasteiger partial charge is 0.309 e. The van der Waals surface area contributed by atoms with E-state index < -0.39 is 0 Å². The number of carbonyl (C=O) groups is 3. The van der Waals surface area contributed by atoms with Crippen molar-refractivity contribution in [1.82, 2.24) is 9.80 Å². The molecule has 0 aromatic rings. The van der Waals surface area contributed by atoms with E-state index in [4.69, 9.17) is 4.74 Å².